The number of nitrogens with zero attached hydrogens (tertiary/aromatic N) is 3. The van der Waals surface area contributed by atoms with Crippen molar-refractivity contribution < 1.29 is 9.90 Å². The zero-order valence-electron chi connectivity index (χ0n) is 9.35. The standard InChI is InChI=1S/C10H15N3O2/c1-6(10(14)15)8-5-11-7(2)12-9(8)13(3)4/h5-6H,1-4H3,(H,14,15). The number of anilines is 1. The molecule has 1 rings (SSSR count). The number of aryl methyl sites for hydroxylation is 1. The van der Waals surface area contributed by atoms with Crippen LogP contribution in [0.2, 0.25) is 0 Å². The largest absolute Gasteiger partial charge is 0.481 e. The number of aliphatic carboxylic acids is 1. The van der Waals surface area contributed by atoms with E-state index in [0.717, 1.165) is 0 Å². The van der Waals surface area contributed by atoms with Crippen LogP contribution in [0.4, 0.5) is 5.82 Å². The van der Waals surface area contributed by atoms with Crippen molar-refractivity contribution in [1.29, 1.82) is 0 Å². The highest BCUT2D eigenvalue weighted by Gasteiger charge is 2.20. The molecule has 0 aliphatic heterocycles. The maximum atomic E-state index is 10.9. The summed E-state index contributed by atoms with van der Waals surface area (Å²) in [5.41, 5.74) is 0.637. The lowest BCUT2D eigenvalue weighted by Crippen LogP contribution is -2.18. The van der Waals surface area contributed by atoms with Gasteiger partial charge in [-0.1, -0.05) is 0 Å². The number of carbonyl (C=O) groups is 1. The van der Waals surface area contributed by atoms with Crippen LogP contribution in [-0.4, -0.2) is 35.1 Å². The molecule has 0 aromatic carbocycles. The summed E-state index contributed by atoms with van der Waals surface area (Å²) in [6.07, 6.45) is 1.58. The Kier molecular flexibility index (Phi) is 3.24. The molecule has 0 amide bonds. The topological polar surface area (TPSA) is 66.3 Å². The van der Waals surface area contributed by atoms with Crippen molar-refractivity contribution in [3.63, 3.8) is 0 Å². The predicted octanol–water partition coefficient (Wildman–Crippen LogP) is 1.04. The average Bonchev–Trinajstić information content (AvgIpc) is 2.16. The molecule has 5 nitrogen and oxygen atoms in total. The van der Waals surface area contributed by atoms with Gasteiger partial charge in [-0.3, -0.25) is 4.79 Å². The second kappa shape index (κ2) is 4.25. The number of aromatic nitrogens is 2. The van der Waals surface area contributed by atoms with Gasteiger partial charge in [-0.05, 0) is 13.8 Å². The van der Waals surface area contributed by atoms with E-state index in [1.54, 1.807) is 24.9 Å². The van der Waals surface area contributed by atoms with E-state index >= 15 is 0 Å². The molecular formula is C10H15N3O2. The molecule has 1 heterocycles. The Morgan fingerprint density at radius 3 is 2.60 bits per heavy atom. The lowest BCUT2D eigenvalue weighted by Gasteiger charge is -2.18. The van der Waals surface area contributed by atoms with Crippen LogP contribution in [0.5, 0.6) is 0 Å². The third-order valence-corrected chi connectivity index (χ3v) is 2.18. The van der Waals surface area contributed by atoms with Crippen LogP contribution in [0, 0.1) is 6.92 Å². The smallest absolute Gasteiger partial charge is 0.310 e. The van der Waals surface area contributed by atoms with Crippen LogP contribution in [0.1, 0.15) is 24.2 Å². The Bertz CT molecular complexity index is 377. The summed E-state index contributed by atoms with van der Waals surface area (Å²) in [4.78, 5) is 20.9. The van der Waals surface area contributed by atoms with Gasteiger partial charge in [0, 0.05) is 25.9 Å². The molecule has 1 aromatic rings. The van der Waals surface area contributed by atoms with E-state index in [4.69, 9.17) is 5.11 Å². The summed E-state index contributed by atoms with van der Waals surface area (Å²) in [6.45, 7) is 3.41. The van der Waals surface area contributed by atoms with Crippen molar-refractivity contribution in [2.75, 3.05) is 19.0 Å². The monoisotopic (exact) mass is 209 g/mol. The summed E-state index contributed by atoms with van der Waals surface area (Å²) in [7, 11) is 3.67. The van der Waals surface area contributed by atoms with Gasteiger partial charge in [-0.25, -0.2) is 9.97 Å². The molecule has 0 fully saturated rings. The quantitative estimate of drug-likeness (QED) is 0.805. The summed E-state index contributed by atoms with van der Waals surface area (Å²) in [5.74, 6) is -0.161. The summed E-state index contributed by atoms with van der Waals surface area (Å²) in [5, 5.41) is 8.94. The highest BCUT2D eigenvalue weighted by Crippen LogP contribution is 2.23. The molecule has 0 aliphatic carbocycles. The molecule has 82 valence electrons. The molecule has 1 unspecified atom stereocenters. The van der Waals surface area contributed by atoms with Crippen LogP contribution in [0.15, 0.2) is 6.20 Å². The van der Waals surface area contributed by atoms with Crippen molar-refractivity contribution in [3.8, 4) is 0 Å². The first-order valence-electron chi connectivity index (χ1n) is 4.67. The van der Waals surface area contributed by atoms with E-state index in [1.165, 1.54) is 0 Å². The Morgan fingerprint density at radius 1 is 1.53 bits per heavy atom. The van der Waals surface area contributed by atoms with Crippen molar-refractivity contribution in [1.82, 2.24) is 9.97 Å². The average molecular weight is 209 g/mol. The van der Waals surface area contributed by atoms with Gasteiger partial charge in [0.25, 0.3) is 0 Å². The Morgan fingerprint density at radius 2 is 2.13 bits per heavy atom. The number of carboxylic acid groups (broad SMARTS) is 1. The molecule has 0 bridgehead atoms. The molecule has 0 saturated carbocycles. The van der Waals surface area contributed by atoms with Crippen molar-refractivity contribution in [2.45, 2.75) is 19.8 Å². The van der Waals surface area contributed by atoms with Gasteiger partial charge in [0.2, 0.25) is 0 Å². The second-order valence-corrected chi connectivity index (χ2v) is 3.65. The second-order valence-electron chi connectivity index (χ2n) is 3.65. The molecule has 0 radical (unpaired) electrons. The van der Waals surface area contributed by atoms with E-state index < -0.39 is 11.9 Å². The minimum absolute atomic E-state index is 0.594. The Hall–Kier alpha value is -1.65. The van der Waals surface area contributed by atoms with E-state index in [9.17, 15) is 4.79 Å². The first kappa shape index (κ1) is 11.4. The van der Waals surface area contributed by atoms with Crippen LogP contribution in [0.3, 0.4) is 0 Å². The van der Waals surface area contributed by atoms with Gasteiger partial charge in [0.05, 0.1) is 5.92 Å². The molecular weight excluding hydrogens is 194 g/mol. The van der Waals surface area contributed by atoms with Crippen LogP contribution < -0.4 is 4.90 Å². The minimum atomic E-state index is -0.870. The molecule has 1 N–H and O–H groups in total. The number of carboxylic acids is 1. The summed E-state index contributed by atoms with van der Waals surface area (Å²) >= 11 is 0. The molecule has 1 aromatic heterocycles. The maximum absolute atomic E-state index is 10.9. The highest BCUT2D eigenvalue weighted by molar-refractivity contribution is 5.77. The third kappa shape index (κ3) is 2.43. The molecule has 0 saturated heterocycles. The first-order chi connectivity index (χ1) is 6.93. The van der Waals surface area contributed by atoms with E-state index in [2.05, 4.69) is 9.97 Å². The van der Waals surface area contributed by atoms with Crippen LogP contribution in [0.25, 0.3) is 0 Å². The van der Waals surface area contributed by atoms with E-state index in [0.29, 0.717) is 17.2 Å². The number of rotatable bonds is 3. The van der Waals surface area contributed by atoms with E-state index in [-0.39, 0.29) is 0 Å². The summed E-state index contributed by atoms with van der Waals surface area (Å²) in [6, 6.07) is 0. The zero-order valence-corrected chi connectivity index (χ0v) is 9.35. The molecule has 0 aliphatic rings. The predicted molar refractivity (Wildman–Crippen MR) is 57.1 cm³/mol. The van der Waals surface area contributed by atoms with Crippen LogP contribution >= 0.6 is 0 Å². The SMILES string of the molecule is Cc1ncc(C(C)C(=O)O)c(N(C)C)n1. The van der Waals surface area contributed by atoms with Crippen molar-refractivity contribution >= 4 is 11.8 Å². The van der Waals surface area contributed by atoms with Gasteiger partial charge in [0.15, 0.2) is 0 Å². The van der Waals surface area contributed by atoms with Crippen molar-refractivity contribution in [3.05, 3.63) is 17.6 Å². The number of hydrogen-bond acceptors (Lipinski definition) is 4. The molecule has 0 spiro atoms. The highest BCUT2D eigenvalue weighted by atomic mass is 16.4. The van der Waals surface area contributed by atoms with Gasteiger partial charge >= 0.3 is 5.97 Å². The lowest BCUT2D eigenvalue weighted by atomic mass is 10.0. The fourth-order valence-electron chi connectivity index (χ4n) is 1.26. The molecule has 1 atom stereocenters. The maximum Gasteiger partial charge on any atom is 0.310 e. The third-order valence-electron chi connectivity index (χ3n) is 2.18. The molecule has 5 heteroatoms. The van der Waals surface area contributed by atoms with Crippen molar-refractivity contribution in [2.24, 2.45) is 0 Å². The van der Waals surface area contributed by atoms with Gasteiger partial charge in [-0.15, -0.1) is 0 Å². The fourth-order valence-corrected chi connectivity index (χ4v) is 1.26. The number of hydrogen-bond donors (Lipinski definition) is 1. The zero-order chi connectivity index (χ0) is 11.6. The fraction of sp³-hybridized carbons (Fsp3) is 0.500. The van der Waals surface area contributed by atoms with Crippen LogP contribution in [-0.2, 0) is 4.79 Å². The van der Waals surface area contributed by atoms with Gasteiger partial charge < -0.3 is 10.0 Å². The molecule has 15 heavy (non-hydrogen) atoms. The van der Waals surface area contributed by atoms with E-state index in [1.807, 2.05) is 14.1 Å². The van der Waals surface area contributed by atoms with Gasteiger partial charge in [-0.2, -0.15) is 0 Å². The first-order valence-corrected chi connectivity index (χ1v) is 4.67. The minimum Gasteiger partial charge on any atom is -0.481 e. The Balaban J connectivity index is 3.22. The summed E-state index contributed by atoms with van der Waals surface area (Å²) < 4.78 is 0. The Labute approximate surface area is 88.8 Å². The normalized spacial score (nSPS) is 12.3. The van der Waals surface area contributed by atoms with Gasteiger partial charge in [0.1, 0.15) is 11.6 Å². The lowest BCUT2D eigenvalue weighted by molar-refractivity contribution is -0.138.